The zero-order valence-electron chi connectivity index (χ0n) is 56.5. The van der Waals surface area contributed by atoms with E-state index in [0.717, 1.165) is 104 Å². The first kappa shape index (κ1) is 75.9. The summed E-state index contributed by atoms with van der Waals surface area (Å²) in [7, 11) is 7.16. The van der Waals surface area contributed by atoms with Crippen LogP contribution in [0.25, 0.3) is 22.1 Å². The van der Waals surface area contributed by atoms with Crippen molar-refractivity contribution in [2.45, 2.75) is 114 Å². The van der Waals surface area contributed by atoms with E-state index >= 15 is 9.59 Å². The standard InChI is InChI=1S/C62H76N16O22/c1-31(79)99-43-17-19-67-77-49(43)55(87)65-25-45(81)73(7)27-47(83)75(9)52(62(5,6)94)60(92)98-30-42(72-54(86)40-24-64-38-22-34(96-12)14-16-36(38)70-40)58(90)78-50(44(18-20-68-78)100-32(2)80)56(88)66-26-46(82)74(8)28-48(84)76(10)51(61(3,4)93)59(91)97-29-41(57(77)89)71-53(85)39-23-63-37-21-33(95-11)13-15-35(37)69-39/h13-16,19-24,41-44,49-52,93-94H,17-18,25-30H2,1-12H3,(H,65,87)(H,66,88)(H,71,85)(H,72,86)/t41-,42-,43+,44+,49+,50+,51-,52-/m1/s1. The number of aromatic nitrogens is 4. The number of cyclic esters (lactones) is 2. The molecule has 0 saturated carbocycles. The van der Waals surface area contributed by atoms with Gasteiger partial charge in [-0.15, -0.1) is 0 Å². The average Bonchev–Trinajstić information content (AvgIpc) is 0.804. The second kappa shape index (κ2) is 32.3. The molecule has 3 aliphatic heterocycles. The molecule has 10 amide bonds. The van der Waals surface area contributed by atoms with Crippen LogP contribution in [0.15, 0.2) is 59.0 Å². The number of hydrogen-bond acceptors (Lipinski definition) is 28. The van der Waals surface area contributed by atoms with Gasteiger partial charge in [-0.05, 0) is 52.0 Å². The summed E-state index contributed by atoms with van der Waals surface area (Å²) in [5.41, 5.74) is -4.28. The molecule has 1 saturated heterocycles. The maximum Gasteiger partial charge on any atom is 0.331 e. The number of hydrogen-bond donors (Lipinski definition) is 6. The first-order valence-corrected chi connectivity index (χ1v) is 30.6. The van der Waals surface area contributed by atoms with E-state index in [2.05, 4.69) is 51.4 Å². The van der Waals surface area contributed by atoms with Gasteiger partial charge >= 0.3 is 23.9 Å². The first-order chi connectivity index (χ1) is 47.0. The van der Waals surface area contributed by atoms with E-state index < -0.39 is 193 Å². The highest BCUT2D eigenvalue weighted by Crippen LogP contribution is 2.25. The van der Waals surface area contributed by atoms with Gasteiger partial charge in [-0.1, -0.05) is 0 Å². The van der Waals surface area contributed by atoms with Gasteiger partial charge < -0.3 is 79.5 Å². The zero-order valence-corrected chi connectivity index (χ0v) is 56.5. The van der Waals surface area contributed by atoms with Gasteiger partial charge in [0, 0.05) is 79.4 Å². The van der Waals surface area contributed by atoms with Crippen molar-refractivity contribution >= 4 is 117 Å². The van der Waals surface area contributed by atoms with Crippen LogP contribution in [0.2, 0.25) is 0 Å². The van der Waals surface area contributed by atoms with Gasteiger partial charge in [-0.3, -0.25) is 67.5 Å². The van der Waals surface area contributed by atoms with E-state index in [4.69, 9.17) is 28.4 Å². The third-order valence-corrected chi connectivity index (χ3v) is 15.7. The lowest BCUT2D eigenvalue weighted by atomic mass is 9.97. The van der Waals surface area contributed by atoms with Crippen LogP contribution in [-0.4, -0.2) is 297 Å². The van der Waals surface area contributed by atoms with Crippen molar-refractivity contribution in [3.8, 4) is 11.5 Å². The smallest absolute Gasteiger partial charge is 0.331 e. The Morgan fingerprint density at radius 2 is 0.910 bits per heavy atom. The summed E-state index contributed by atoms with van der Waals surface area (Å²) in [5.74, 6) is -15.4. The van der Waals surface area contributed by atoms with E-state index in [0.29, 0.717) is 31.3 Å². The Kier molecular flexibility index (Phi) is 24.5. The first-order valence-electron chi connectivity index (χ1n) is 30.6. The maximum absolute atomic E-state index is 15.0. The van der Waals surface area contributed by atoms with E-state index in [9.17, 15) is 67.7 Å². The van der Waals surface area contributed by atoms with Crippen molar-refractivity contribution in [3.05, 3.63) is 60.2 Å². The quantitative estimate of drug-likeness (QED) is 0.0650. The molecule has 7 rings (SSSR count). The Bertz CT molecular complexity index is 3700. The fraction of sp³-hybridized carbons (Fsp3) is 0.484. The van der Waals surface area contributed by atoms with Gasteiger partial charge in [-0.25, -0.2) is 29.6 Å². The fourth-order valence-corrected chi connectivity index (χ4v) is 10.6. The predicted octanol–water partition coefficient (Wildman–Crippen LogP) is -4.03. The number of nitrogens with zero attached hydrogens (tertiary/aromatic N) is 12. The molecule has 536 valence electrons. The van der Waals surface area contributed by atoms with Gasteiger partial charge in [0.15, 0.2) is 24.2 Å². The molecule has 0 unspecified atom stereocenters. The minimum atomic E-state index is -2.21. The number of rotatable bonds is 10. The number of esters is 4. The summed E-state index contributed by atoms with van der Waals surface area (Å²) in [6.07, 6.45) is 0.485. The number of carbonyl (C=O) groups is 14. The van der Waals surface area contributed by atoms with Crippen LogP contribution in [-0.2, 0) is 76.5 Å². The van der Waals surface area contributed by atoms with E-state index in [1.807, 2.05) is 0 Å². The number of hydrazone groups is 2. The lowest BCUT2D eigenvalue weighted by Crippen LogP contribution is -2.62. The normalized spacial score (nSPS) is 22.9. The van der Waals surface area contributed by atoms with Crippen LogP contribution >= 0.6 is 0 Å². The molecule has 0 radical (unpaired) electrons. The third kappa shape index (κ3) is 18.6. The predicted molar refractivity (Wildman–Crippen MR) is 342 cm³/mol. The van der Waals surface area contributed by atoms with Crippen LogP contribution in [0.1, 0.15) is 75.4 Å². The molecule has 38 nitrogen and oxygen atoms in total. The number of benzene rings is 2. The minimum Gasteiger partial charge on any atom is -0.497 e. The molecule has 0 spiro atoms. The molecular weight excluding hydrogens is 1320 g/mol. The van der Waals surface area contributed by atoms with Crippen LogP contribution < -0.4 is 30.7 Å². The van der Waals surface area contributed by atoms with Gasteiger partial charge in [-0.2, -0.15) is 10.2 Å². The van der Waals surface area contributed by atoms with E-state index in [1.54, 1.807) is 0 Å². The number of ether oxygens (including phenoxy) is 6. The molecule has 100 heavy (non-hydrogen) atoms. The van der Waals surface area contributed by atoms with Gasteiger partial charge in [0.1, 0.15) is 60.4 Å². The number of fused-ring (bicyclic) bond motifs is 4. The molecule has 0 bridgehead atoms. The lowest BCUT2D eigenvalue weighted by molar-refractivity contribution is -0.167. The third-order valence-electron chi connectivity index (χ3n) is 15.7. The number of likely N-dealkylation sites (N-methyl/N-ethyl adjacent to an activating group) is 4. The Morgan fingerprint density at radius 3 is 1.24 bits per heavy atom. The second-order valence-electron chi connectivity index (χ2n) is 24.2. The van der Waals surface area contributed by atoms with Crippen molar-refractivity contribution in [1.29, 1.82) is 0 Å². The average molecular weight is 1400 g/mol. The molecule has 0 aliphatic carbocycles. The van der Waals surface area contributed by atoms with Crippen molar-refractivity contribution in [2.75, 3.05) is 81.8 Å². The molecular formula is C62H76N16O22. The lowest BCUT2D eigenvalue weighted by Gasteiger charge is -2.37. The highest BCUT2D eigenvalue weighted by Gasteiger charge is 2.48. The number of aliphatic hydroxyl groups is 2. The number of carbonyl (C=O) groups excluding carboxylic acids is 14. The number of methoxy groups -OCH3 is 2. The molecule has 1 fully saturated rings. The molecule has 5 heterocycles. The summed E-state index contributed by atoms with van der Waals surface area (Å²) in [6.45, 7) is 0.424. The second-order valence-corrected chi connectivity index (χ2v) is 24.2. The SMILES string of the molecule is COc1ccc2nc(C(=O)N[C@@H]3COC(=O)[C@H](C(C)(C)O)N(C)C(=O)CN(C)C(=O)CNC(=O)[C@@H]4[C@@H](OC(C)=O)CC=NN4C(=O)[C@H](NC(=O)c4cnc5cc(OC)ccc5n4)COC(=O)[C@H](C(C)(C)O)N(C)C(=O)CN(C)C(=O)CNC(=O)[C@@H]4[C@@H](OC(C)=O)CC=NN4C3=O)cnc2c1. The summed E-state index contributed by atoms with van der Waals surface area (Å²) < 4.78 is 32.6. The van der Waals surface area contributed by atoms with Gasteiger partial charge in [0.25, 0.3) is 23.6 Å². The fourth-order valence-electron chi connectivity index (χ4n) is 10.6. The molecule has 38 heteroatoms. The van der Waals surface area contributed by atoms with Crippen molar-refractivity contribution < 1.29 is 106 Å². The molecule has 2 aromatic heterocycles. The highest BCUT2D eigenvalue weighted by atomic mass is 16.6. The van der Waals surface area contributed by atoms with Crippen molar-refractivity contribution in [2.24, 2.45) is 10.2 Å². The number of amides is 10. The Labute approximate surface area is 570 Å². The summed E-state index contributed by atoms with van der Waals surface area (Å²) in [5, 5.41) is 41.5. The highest BCUT2D eigenvalue weighted by molar-refractivity contribution is 6.02. The monoisotopic (exact) mass is 1400 g/mol. The molecule has 3 aliphatic rings. The van der Waals surface area contributed by atoms with Crippen LogP contribution in [0.4, 0.5) is 0 Å². The zero-order chi connectivity index (χ0) is 73.8. The van der Waals surface area contributed by atoms with Crippen molar-refractivity contribution in [3.63, 3.8) is 0 Å². The molecule has 2 aromatic carbocycles. The Balaban J connectivity index is 1.26. The van der Waals surface area contributed by atoms with Gasteiger partial charge in [0.2, 0.25) is 35.4 Å². The minimum absolute atomic E-state index is 0.182. The largest absolute Gasteiger partial charge is 0.497 e. The maximum atomic E-state index is 15.0. The summed E-state index contributed by atoms with van der Waals surface area (Å²) >= 11 is 0. The van der Waals surface area contributed by atoms with Crippen LogP contribution in [0.5, 0.6) is 11.5 Å². The van der Waals surface area contributed by atoms with Crippen LogP contribution in [0, 0.1) is 0 Å². The Hall–Kier alpha value is -11.4. The van der Waals surface area contributed by atoms with Gasteiger partial charge in [0.05, 0.1) is 86.1 Å². The molecule has 6 N–H and O–H groups in total. The van der Waals surface area contributed by atoms with Crippen molar-refractivity contribution in [1.82, 2.24) is 70.8 Å². The number of nitrogens with one attached hydrogen (secondary N) is 4. The van der Waals surface area contributed by atoms with E-state index in [1.165, 1.54) is 50.6 Å². The van der Waals surface area contributed by atoms with Crippen LogP contribution in [0.3, 0.4) is 0 Å². The summed E-state index contributed by atoms with van der Waals surface area (Å²) in [6, 6.07) is -3.02. The molecule has 4 aromatic rings. The topological polar surface area (TPSA) is 479 Å². The summed E-state index contributed by atoms with van der Waals surface area (Å²) in [4.78, 5) is 217. The van der Waals surface area contributed by atoms with E-state index in [-0.39, 0.29) is 34.9 Å². The molecule has 8 atom stereocenters. The Morgan fingerprint density at radius 1 is 0.550 bits per heavy atom.